The normalized spacial score (nSPS) is 13.6. The zero-order valence-corrected chi connectivity index (χ0v) is 11.2. The molecule has 1 aromatic heterocycles. The van der Waals surface area contributed by atoms with Crippen molar-refractivity contribution in [1.82, 2.24) is 4.98 Å². The van der Waals surface area contributed by atoms with Crippen LogP contribution in [0.15, 0.2) is 18.5 Å². The Hall–Kier alpha value is -0.940. The predicted molar refractivity (Wildman–Crippen MR) is 69.5 cm³/mol. The van der Waals surface area contributed by atoms with Gasteiger partial charge in [0.15, 0.2) is 0 Å². The first-order chi connectivity index (χ1) is 7.94. The topological polar surface area (TPSA) is 73.0 Å². The van der Waals surface area contributed by atoms with Crippen molar-refractivity contribution in [2.24, 2.45) is 5.73 Å². The van der Waals surface area contributed by atoms with Crippen molar-refractivity contribution in [1.29, 1.82) is 0 Å². The maximum absolute atomic E-state index is 11.3. The lowest BCUT2D eigenvalue weighted by Gasteiger charge is -2.11. The number of sulfone groups is 1. The molecular formula is C12H20N2O2S. The van der Waals surface area contributed by atoms with Crippen LogP contribution in [0, 0.1) is 6.92 Å². The molecule has 96 valence electrons. The second kappa shape index (κ2) is 6.12. The van der Waals surface area contributed by atoms with Crippen molar-refractivity contribution >= 4 is 9.84 Å². The minimum atomic E-state index is -2.88. The van der Waals surface area contributed by atoms with Gasteiger partial charge in [0, 0.05) is 24.2 Å². The van der Waals surface area contributed by atoms with E-state index in [2.05, 4.69) is 4.98 Å². The second-order valence-electron chi connectivity index (χ2n) is 4.28. The summed E-state index contributed by atoms with van der Waals surface area (Å²) in [6.45, 7) is 3.63. The van der Waals surface area contributed by atoms with E-state index in [1.165, 1.54) is 0 Å². The molecule has 0 spiro atoms. The summed E-state index contributed by atoms with van der Waals surface area (Å²) in [4.78, 5) is 4.08. The van der Waals surface area contributed by atoms with Crippen molar-refractivity contribution in [3.63, 3.8) is 0 Å². The first-order valence-electron chi connectivity index (χ1n) is 5.82. The third-order valence-electron chi connectivity index (χ3n) is 2.73. The number of nitrogens with zero attached hydrogens (tertiary/aromatic N) is 1. The fraction of sp³-hybridized carbons (Fsp3) is 0.583. The number of hydrogen-bond acceptors (Lipinski definition) is 4. The molecule has 0 aromatic carbocycles. The van der Waals surface area contributed by atoms with Crippen molar-refractivity contribution in [2.75, 3.05) is 11.5 Å². The fourth-order valence-corrected chi connectivity index (χ4v) is 2.51. The average Bonchev–Trinajstić information content (AvgIpc) is 2.28. The van der Waals surface area contributed by atoms with Gasteiger partial charge in [0.05, 0.1) is 5.75 Å². The van der Waals surface area contributed by atoms with Crippen LogP contribution in [-0.2, 0) is 9.84 Å². The average molecular weight is 256 g/mol. The van der Waals surface area contributed by atoms with Gasteiger partial charge in [-0.2, -0.15) is 0 Å². The number of aryl methyl sites for hydroxylation is 1. The first kappa shape index (κ1) is 14.1. The molecule has 0 bridgehead atoms. The summed E-state index contributed by atoms with van der Waals surface area (Å²) in [5.41, 5.74) is 8.04. The Kier molecular flexibility index (Phi) is 5.08. The summed E-state index contributed by atoms with van der Waals surface area (Å²) in [5.74, 6) is 0.421. The van der Waals surface area contributed by atoms with Crippen LogP contribution >= 0.6 is 0 Å². The van der Waals surface area contributed by atoms with E-state index in [0.717, 1.165) is 11.1 Å². The van der Waals surface area contributed by atoms with Gasteiger partial charge in [0.1, 0.15) is 9.84 Å². The molecule has 0 aliphatic carbocycles. The number of hydrogen-bond donors (Lipinski definition) is 1. The van der Waals surface area contributed by atoms with E-state index in [1.54, 1.807) is 19.3 Å². The maximum atomic E-state index is 11.3. The van der Waals surface area contributed by atoms with Crippen LogP contribution in [-0.4, -0.2) is 24.9 Å². The SMILES string of the molecule is CCS(=O)(=O)CCCC(N)c1cncc(C)c1. The number of aromatic nitrogens is 1. The van der Waals surface area contributed by atoms with Gasteiger partial charge >= 0.3 is 0 Å². The second-order valence-corrected chi connectivity index (χ2v) is 6.75. The molecule has 1 aromatic rings. The van der Waals surface area contributed by atoms with Crippen LogP contribution in [0.25, 0.3) is 0 Å². The van der Waals surface area contributed by atoms with Crippen LogP contribution in [0.5, 0.6) is 0 Å². The van der Waals surface area contributed by atoms with Gasteiger partial charge in [0.2, 0.25) is 0 Å². The van der Waals surface area contributed by atoms with Crippen LogP contribution in [0.3, 0.4) is 0 Å². The molecule has 0 aliphatic heterocycles. The molecule has 1 heterocycles. The predicted octanol–water partition coefficient (Wildman–Crippen LogP) is 1.60. The molecule has 2 N–H and O–H groups in total. The number of rotatable bonds is 6. The lowest BCUT2D eigenvalue weighted by molar-refractivity contribution is 0.583. The third-order valence-corrected chi connectivity index (χ3v) is 4.52. The Balaban J connectivity index is 2.48. The van der Waals surface area contributed by atoms with E-state index < -0.39 is 9.84 Å². The highest BCUT2D eigenvalue weighted by molar-refractivity contribution is 7.91. The zero-order valence-electron chi connectivity index (χ0n) is 10.4. The van der Waals surface area contributed by atoms with E-state index in [0.29, 0.717) is 12.8 Å². The van der Waals surface area contributed by atoms with E-state index in [1.807, 2.05) is 13.0 Å². The van der Waals surface area contributed by atoms with Crippen LogP contribution in [0.1, 0.15) is 36.9 Å². The highest BCUT2D eigenvalue weighted by Crippen LogP contribution is 2.16. The molecule has 0 saturated heterocycles. The Morgan fingerprint density at radius 3 is 2.71 bits per heavy atom. The molecule has 0 aliphatic rings. The summed E-state index contributed by atoms with van der Waals surface area (Å²) in [6, 6.07) is 1.86. The van der Waals surface area contributed by atoms with Gasteiger partial charge in [-0.3, -0.25) is 4.98 Å². The van der Waals surface area contributed by atoms with Gasteiger partial charge in [-0.1, -0.05) is 13.0 Å². The van der Waals surface area contributed by atoms with Gasteiger partial charge in [-0.25, -0.2) is 8.42 Å². The van der Waals surface area contributed by atoms with Gasteiger partial charge in [-0.15, -0.1) is 0 Å². The lowest BCUT2D eigenvalue weighted by atomic mass is 10.0. The summed E-state index contributed by atoms with van der Waals surface area (Å²) < 4.78 is 22.6. The Bertz CT molecular complexity index is 457. The summed E-state index contributed by atoms with van der Waals surface area (Å²) in [6.07, 6.45) is 4.79. The summed E-state index contributed by atoms with van der Waals surface area (Å²) >= 11 is 0. The largest absolute Gasteiger partial charge is 0.324 e. The Morgan fingerprint density at radius 1 is 1.41 bits per heavy atom. The highest BCUT2D eigenvalue weighted by atomic mass is 32.2. The molecule has 5 heteroatoms. The van der Waals surface area contributed by atoms with Gasteiger partial charge < -0.3 is 5.73 Å². The molecular weight excluding hydrogens is 236 g/mol. The first-order valence-corrected chi connectivity index (χ1v) is 7.64. The number of nitrogens with two attached hydrogens (primary N) is 1. The summed E-state index contributed by atoms with van der Waals surface area (Å²) in [5, 5.41) is 0. The van der Waals surface area contributed by atoms with Crippen molar-refractivity contribution in [3.8, 4) is 0 Å². The smallest absolute Gasteiger partial charge is 0.150 e. The molecule has 1 atom stereocenters. The highest BCUT2D eigenvalue weighted by Gasteiger charge is 2.10. The van der Waals surface area contributed by atoms with Crippen molar-refractivity contribution < 1.29 is 8.42 Å². The van der Waals surface area contributed by atoms with E-state index >= 15 is 0 Å². The van der Waals surface area contributed by atoms with Crippen LogP contribution in [0.4, 0.5) is 0 Å². The Labute approximate surface area is 103 Å². The molecule has 0 radical (unpaired) electrons. The van der Waals surface area contributed by atoms with E-state index in [4.69, 9.17) is 5.73 Å². The molecule has 0 amide bonds. The maximum Gasteiger partial charge on any atom is 0.150 e. The number of pyridine rings is 1. The van der Waals surface area contributed by atoms with Crippen molar-refractivity contribution in [3.05, 3.63) is 29.6 Å². The molecule has 4 nitrogen and oxygen atoms in total. The van der Waals surface area contributed by atoms with Crippen molar-refractivity contribution in [2.45, 2.75) is 32.7 Å². The molecule has 17 heavy (non-hydrogen) atoms. The lowest BCUT2D eigenvalue weighted by Crippen LogP contribution is -2.14. The van der Waals surface area contributed by atoms with E-state index in [-0.39, 0.29) is 17.5 Å². The van der Waals surface area contributed by atoms with Crippen LogP contribution < -0.4 is 5.73 Å². The molecule has 0 fully saturated rings. The molecule has 0 saturated carbocycles. The standard InChI is InChI=1S/C12H20N2O2S/c1-3-17(15,16)6-4-5-12(13)11-7-10(2)8-14-9-11/h7-9,12H,3-6,13H2,1-2H3. The minimum absolute atomic E-state index is 0.130. The third kappa shape index (κ3) is 4.83. The van der Waals surface area contributed by atoms with Crippen LogP contribution in [0.2, 0.25) is 0 Å². The zero-order chi connectivity index (χ0) is 12.9. The van der Waals surface area contributed by atoms with Gasteiger partial charge in [-0.05, 0) is 30.9 Å². The molecule has 1 rings (SSSR count). The van der Waals surface area contributed by atoms with E-state index in [9.17, 15) is 8.42 Å². The summed E-state index contributed by atoms with van der Waals surface area (Å²) in [7, 11) is -2.88. The van der Waals surface area contributed by atoms with Gasteiger partial charge in [0.25, 0.3) is 0 Å². The minimum Gasteiger partial charge on any atom is -0.324 e. The Morgan fingerprint density at radius 2 is 2.12 bits per heavy atom. The quantitative estimate of drug-likeness (QED) is 0.839. The molecule has 1 unspecified atom stereocenters. The fourth-order valence-electron chi connectivity index (χ4n) is 1.62. The monoisotopic (exact) mass is 256 g/mol.